The fourth-order valence-corrected chi connectivity index (χ4v) is 0. The van der Waals surface area contributed by atoms with Crippen molar-refractivity contribution in [3.05, 3.63) is 0 Å². The summed E-state index contributed by atoms with van der Waals surface area (Å²) in [4.78, 5) is 26.8. The molecule has 0 saturated heterocycles. The standard InChI is InChI=1S/C3H7NO.C3H9N.C3H8O.C2H7O2P.C2H4O2.C2H8OSi.5CH4/c1-3(5)4-2;2*1-3-4-2;1-5(2,3)4;1-2(3)4;1-3-4-2;;;;;/h1-2H3,(H,4,5);4H,3H2,1-2H3;3H2,1-2H3;1-2H3,(H,3,4);1H3,(H,3,4);4H2,1-2H3;5*1H4. The average molecular weight is 503 g/mol. The number of methoxy groups -OCH3 is 1. The number of amides is 1. The van der Waals surface area contributed by atoms with Crippen molar-refractivity contribution in [1.29, 1.82) is 0 Å². The maximum absolute atomic E-state index is 9.77. The summed E-state index contributed by atoms with van der Waals surface area (Å²) < 4.78 is 19.0. The predicted octanol–water partition coefficient (Wildman–Crippen LogP) is 4.18. The molecule has 0 radical (unpaired) electrons. The highest BCUT2D eigenvalue weighted by Crippen LogP contribution is 2.27. The van der Waals surface area contributed by atoms with Crippen LogP contribution in [0, 0.1) is 0 Å². The molecule has 0 aromatic heterocycles. The molecule has 0 bridgehead atoms. The molecule has 11 heteroatoms. The molecule has 0 aliphatic carbocycles. The highest BCUT2D eigenvalue weighted by molar-refractivity contribution is 7.56. The van der Waals surface area contributed by atoms with E-state index in [0.29, 0.717) is 0 Å². The number of aliphatic carboxylic acids is 1. The Balaban J connectivity index is -0.0000000167. The van der Waals surface area contributed by atoms with Gasteiger partial charge < -0.3 is 29.8 Å². The Morgan fingerprint density at radius 3 is 1.10 bits per heavy atom. The Hall–Kier alpha value is -0.773. The minimum absolute atomic E-state index is 0. The van der Waals surface area contributed by atoms with Crippen LogP contribution in [0.15, 0.2) is 0 Å². The average Bonchev–Trinajstić information content (AvgIpc) is 2.53. The number of ether oxygens (including phenoxy) is 1. The van der Waals surface area contributed by atoms with Crippen molar-refractivity contribution in [3.8, 4) is 0 Å². The molecule has 0 aromatic rings. The molecule has 204 valence electrons. The second-order valence-corrected chi connectivity index (χ2v) is 8.22. The first-order chi connectivity index (χ1) is 11.7. The van der Waals surface area contributed by atoms with Gasteiger partial charge in [0, 0.05) is 55.1 Å². The minimum Gasteiger partial charge on any atom is -0.481 e. The van der Waals surface area contributed by atoms with Crippen molar-refractivity contribution >= 4 is 29.0 Å². The van der Waals surface area contributed by atoms with E-state index in [1.807, 2.05) is 14.0 Å². The largest absolute Gasteiger partial charge is 0.481 e. The lowest BCUT2D eigenvalue weighted by molar-refractivity contribution is -0.134. The van der Waals surface area contributed by atoms with E-state index < -0.39 is 13.3 Å². The molecule has 4 N–H and O–H groups in total. The quantitative estimate of drug-likeness (QED) is 0.333. The summed E-state index contributed by atoms with van der Waals surface area (Å²) in [7, 11) is 4.24. The summed E-state index contributed by atoms with van der Waals surface area (Å²) >= 11 is 0. The second-order valence-electron chi connectivity index (χ2n) is 4.48. The van der Waals surface area contributed by atoms with Gasteiger partial charge >= 0.3 is 0 Å². The van der Waals surface area contributed by atoms with E-state index in [1.165, 1.54) is 20.3 Å². The van der Waals surface area contributed by atoms with Gasteiger partial charge in [-0.05, 0) is 20.5 Å². The van der Waals surface area contributed by atoms with Gasteiger partial charge in [0.15, 0.2) is 17.1 Å². The van der Waals surface area contributed by atoms with Gasteiger partial charge in [0.25, 0.3) is 5.97 Å². The summed E-state index contributed by atoms with van der Waals surface area (Å²) in [5.74, 6) is -0.829. The van der Waals surface area contributed by atoms with Crippen LogP contribution in [0.25, 0.3) is 0 Å². The third-order valence-electron chi connectivity index (χ3n) is 1.28. The third-order valence-corrected chi connectivity index (χ3v) is 1.86. The van der Waals surface area contributed by atoms with E-state index in [2.05, 4.69) is 33.3 Å². The maximum Gasteiger partial charge on any atom is 0.300 e. The molecule has 31 heavy (non-hydrogen) atoms. The number of carboxylic acids is 1. The lowest BCUT2D eigenvalue weighted by Crippen LogP contribution is -2.11. The zero-order valence-electron chi connectivity index (χ0n) is 18.5. The van der Waals surface area contributed by atoms with Gasteiger partial charge in [0.1, 0.15) is 0 Å². The second kappa shape index (κ2) is 70.1. The van der Waals surface area contributed by atoms with Crippen LogP contribution >= 0.6 is 7.37 Å². The molecule has 0 heterocycles. The monoisotopic (exact) mass is 502 g/mol. The van der Waals surface area contributed by atoms with Gasteiger partial charge in [0.05, 0.1) is 0 Å². The highest BCUT2D eigenvalue weighted by Gasteiger charge is 1.92. The van der Waals surface area contributed by atoms with Gasteiger partial charge in [0.2, 0.25) is 5.91 Å². The number of carbonyl (C=O) groups excluding carboxylic acids is 1. The number of hydrogen-bond acceptors (Lipinski definition) is 6. The Morgan fingerprint density at radius 2 is 1.10 bits per heavy atom. The topological polar surface area (TPSA) is 134 Å². The molecule has 0 aliphatic heterocycles. The van der Waals surface area contributed by atoms with Gasteiger partial charge in [-0.3, -0.25) is 14.2 Å². The molecule has 0 fully saturated rings. The van der Waals surface area contributed by atoms with Crippen LogP contribution < -0.4 is 10.6 Å². The number of carboxylic acid groups (broad SMARTS) is 1. The van der Waals surface area contributed by atoms with Crippen molar-refractivity contribution in [2.75, 3.05) is 54.8 Å². The molecule has 0 aliphatic rings. The van der Waals surface area contributed by atoms with Gasteiger partial charge in [-0.2, -0.15) is 0 Å². The van der Waals surface area contributed by atoms with Crippen molar-refractivity contribution in [3.63, 3.8) is 0 Å². The van der Waals surface area contributed by atoms with Crippen molar-refractivity contribution in [1.82, 2.24) is 10.6 Å². The first kappa shape index (κ1) is 69.8. The molecule has 9 nitrogen and oxygen atoms in total. The first-order valence-electron chi connectivity index (χ1n) is 8.03. The number of rotatable bonds is 3. The summed E-state index contributed by atoms with van der Waals surface area (Å²) in [5, 5.41) is 12.7. The summed E-state index contributed by atoms with van der Waals surface area (Å²) in [5.41, 5.74) is 0. The predicted molar refractivity (Wildman–Crippen MR) is 147 cm³/mol. The minimum atomic E-state index is -2.64. The van der Waals surface area contributed by atoms with Crippen molar-refractivity contribution < 1.29 is 33.3 Å². The third kappa shape index (κ3) is 1210. The molecule has 0 aromatic carbocycles. The fourth-order valence-electron chi connectivity index (χ4n) is 0. The van der Waals surface area contributed by atoms with Crippen LogP contribution in [0.5, 0.6) is 0 Å². The molecule has 0 saturated carbocycles. The maximum atomic E-state index is 9.77. The molecule has 0 spiro atoms. The Kier molecular flexibility index (Phi) is 158. The van der Waals surface area contributed by atoms with Crippen LogP contribution in [-0.4, -0.2) is 86.4 Å². The van der Waals surface area contributed by atoms with E-state index in [4.69, 9.17) is 14.8 Å². The lowest BCUT2D eigenvalue weighted by atomic mass is 10.7. The van der Waals surface area contributed by atoms with E-state index >= 15 is 0 Å². The van der Waals surface area contributed by atoms with Crippen LogP contribution in [0.3, 0.4) is 0 Å². The van der Waals surface area contributed by atoms with E-state index in [1.54, 1.807) is 21.3 Å². The van der Waals surface area contributed by atoms with E-state index in [9.17, 15) is 9.36 Å². The molecule has 0 atom stereocenters. The number of hydrogen-bond donors (Lipinski definition) is 4. The molecular formula is C20H63N2O7PSi. The SMILES string of the molecule is C.C.C.C.C.CC(=O)O.CCNC.CCOC.CNC(C)=O.CO[SiH2]C.CP(C)(=O)O. The molecule has 0 rings (SSSR count). The van der Waals surface area contributed by atoms with Crippen molar-refractivity contribution in [2.45, 2.75) is 71.4 Å². The Bertz CT molecular complexity index is 279. The smallest absolute Gasteiger partial charge is 0.300 e. The van der Waals surface area contributed by atoms with Crippen LogP contribution in [0.2, 0.25) is 6.55 Å². The summed E-state index contributed by atoms with van der Waals surface area (Å²) in [6, 6.07) is 0. The van der Waals surface area contributed by atoms with Gasteiger partial charge in [-0.25, -0.2) is 0 Å². The van der Waals surface area contributed by atoms with E-state index in [-0.39, 0.29) is 52.8 Å². The van der Waals surface area contributed by atoms with Crippen LogP contribution in [-0.2, 0) is 23.3 Å². The number of nitrogens with one attached hydrogen (secondary N) is 2. The lowest BCUT2D eigenvalue weighted by Gasteiger charge is -1.86. The zero-order valence-corrected chi connectivity index (χ0v) is 20.8. The number of carbonyl (C=O) groups is 2. The normalized spacial score (nSPS) is 7.10. The summed E-state index contributed by atoms with van der Waals surface area (Å²) in [6.45, 7) is 13.2. The fraction of sp³-hybridized carbons (Fsp3) is 0.900. The molecular weight excluding hydrogens is 439 g/mol. The first-order valence-corrected chi connectivity index (χ1v) is 12.6. The van der Waals surface area contributed by atoms with Crippen molar-refractivity contribution in [2.24, 2.45) is 0 Å². The Labute approximate surface area is 199 Å². The Morgan fingerprint density at radius 1 is 0.968 bits per heavy atom. The zero-order chi connectivity index (χ0) is 22.6. The van der Waals surface area contributed by atoms with E-state index in [0.717, 1.165) is 20.1 Å². The van der Waals surface area contributed by atoms with Crippen LogP contribution in [0.1, 0.15) is 64.8 Å². The highest BCUT2D eigenvalue weighted by atomic mass is 31.2. The van der Waals surface area contributed by atoms with Gasteiger partial charge in [-0.15, -0.1) is 0 Å². The van der Waals surface area contributed by atoms with Crippen LogP contribution in [0.4, 0.5) is 0 Å². The van der Waals surface area contributed by atoms with Gasteiger partial charge in [-0.1, -0.05) is 50.6 Å². The summed E-state index contributed by atoms with van der Waals surface area (Å²) in [6.07, 6.45) is 0. The molecule has 1 amide bonds. The molecule has 0 unspecified atom stereocenters.